The molecule has 0 aliphatic carbocycles. The van der Waals surface area contributed by atoms with E-state index in [1.807, 2.05) is 25.1 Å². The van der Waals surface area contributed by atoms with Crippen molar-refractivity contribution in [3.8, 4) is 0 Å². The summed E-state index contributed by atoms with van der Waals surface area (Å²) in [5, 5.41) is 2.92. The predicted octanol–water partition coefficient (Wildman–Crippen LogP) is 4.72. The van der Waals surface area contributed by atoms with E-state index >= 15 is 0 Å². The number of alkyl halides is 3. The lowest BCUT2D eigenvalue weighted by Crippen LogP contribution is -2.10. The van der Waals surface area contributed by atoms with Gasteiger partial charge in [0.15, 0.2) is 0 Å². The van der Waals surface area contributed by atoms with Gasteiger partial charge in [-0.15, -0.1) is 0 Å². The second-order valence-corrected chi connectivity index (χ2v) is 5.13. The summed E-state index contributed by atoms with van der Waals surface area (Å²) in [5.41, 5.74) is 1.46. The summed E-state index contributed by atoms with van der Waals surface area (Å²) < 4.78 is 37.5. The zero-order valence-electron chi connectivity index (χ0n) is 11.3. The average Bonchev–Trinajstić information content (AvgIpc) is 2.39. The van der Waals surface area contributed by atoms with Gasteiger partial charge in [0.25, 0.3) is 0 Å². The molecule has 0 atom stereocenters. The Labute approximate surface area is 126 Å². The van der Waals surface area contributed by atoms with Crippen LogP contribution in [0.2, 0.25) is 5.02 Å². The van der Waals surface area contributed by atoms with Crippen molar-refractivity contribution >= 4 is 17.4 Å². The van der Waals surface area contributed by atoms with Crippen LogP contribution in [-0.4, -0.2) is 11.5 Å². The van der Waals surface area contributed by atoms with Crippen molar-refractivity contribution in [2.75, 3.05) is 11.9 Å². The number of hydrogen-bond donors (Lipinski definition) is 1. The van der Waals surface area contributed by atoms with Crippen LogP contribution in [0.5, 0.6) is 0 Å². The van der Waals surface area contributed by atoms with Gasteiger partial charge in [0.05, 0.1) is 10.6 Å². The molecule has 0 spiro atoms. The fraction of sp³-hybridized carbons (Fsp3) is 0.267. The molecule has 2 aromatic rings. The van der Waals surface area contributed by atoms with Crippen LogP contribution in [0.4, 0.5) is 19.0 Å². The number of nitrogens with one attached hydrogen (secondary N) is 1. The van der Waals surface area contributed by atoms with Crippen molar-refractivity contribution in [3.63, 3.8) is 0 Å². The maximum absolute atomic E-state index is 12.5. The number of hydrogen-bond acceptors (Lipinski definition) is 2. The summed E-state index contributed by atoms with van der Waals surface area (Å²) in [7, 11) is 0. The van der Waals surface area contributed by atoms with Crippen molar-refractivity contribution in [1.82, 2.24) is 4.98 Å². The van der Waals surface area contributed by atoms with Gasteiger partial charge in [0, 0.05) is 12.7 Å². The number of halogens is 4. The van der Waals surface area contributed by atoms with Gasteiger partial charge in [-0.25, -0.2) is 4.98 Å². The SMILES string of the molecule is Cc1cccc(CCNc2ncc(C(F)(F)F)cc2Cl)c1. The van der Waals surface area contributed by atoms with Crippen molar-refractivity contribution in [3.05, 3.63) is 58.2 Å². The zero-order chi connectivity index (χ0) is 15.5. The van der Waals surface area contributed by atoms with Gasteiger partial charge in [0.2, 0.25) is 0 Å². The zero-order valence-corrected chi connectivity index (χ0v) is 12.1. The lowest BCUT2D eigenvalue weighted by molar-refractivity contribution is -0.137. The van der Waals surface area contributed by atoms with E-state index in [0.717, 1.165) is 29.8 Å². The highest BCUT2D eigenvalue weighted by Gasteiger charge is 2.31. The Kier molecular flexibility index (Phi) is 4.73. The summed E-state index contributed by atoms with van der Waals surface area (Å²) in [6.45, 7) is 2.55. The molecule has 1 aromatic heterocycles. The number of rotatable bonds is 4. The summed E-state index contributed by atoms with van der Waals surface area (Å²) in [5.74, 6) is 0.261. The minimum Gasteiger partial charge on any atom is -0.369 e. The van der Waals surface area contributed by atoms with Gasteiger partial charge in [0.1, 0.15) is 5.82 Å². The predicted molar refractivity (Wildman–Crippen MR) is 77.6 cm³/mol. The molecule has 0 saturated carbocycles. The third kappa shape index (κ3) is 4.36. The molecule has 1 N–H and O–H groups in total. The highest BCUT2D eigenvalue weighted by atomic mass is 35.5. The molecule has 112 valence electrons. The Bertz CT molecular complexity index is 627. The van der Waals surface area contributed by atoms with Crippen molar-refractivity contribution in [2.24, 2.45) is 0 Å². The first kappa shape index (κ1) is 15.6. The molecule has 0 aliphatic rings. The van der Waals surface area contributed by atoms with Crippen molar-refractivity contribution < 1.29 is 13.2 Å². The van der Waals surface area contributed by atoms with Gasteiger partial charge < -0.3 is 5.32 Å². The summed E-state index contributed by atoms with van der Waals surface area (Å²) in [6.07, 6.45) is -2.92. The quantitative estimate of drug-likeness (QED) is 0.883. The lowest BCUT2D eigenvalue weighted by atomic mass is 10.1. The molecule has 0 aliphatic heterocycles. The van der Waals surface area contributed by atoms with Crippen LogP contribution < -0.4 is 5.32 Å². The number of anilines is 1. The highest BCUT2D eigenvalue weighted by molar-refractivity contribution is 6.32. The molecule has 21 heavy (non-hydrogen) atoms. The molecular formula is C15H14ClF3N2. The molecule has 0 amide bonds. The van der Waals surface area contributed by atoms with E-state index in [1.54, 1.807) is 0 Å². The van der Waals surface area contributed by atoms with Crippen LogP contribution in [-0.2, 0) is 12.6 Å². The molecule has 0 fully saturated rings. The largest absolute Gasteiger partial charge is 0.417 e. The summed E-state index contributed by atoms with van der Waals surface area (Å²) >= 11 is 5.82. The maximum Gasteiger partial charge on any atom is 0.417 e. The van der Waals surface area contributed by atoms with E-state index in [4.69, 9.17) is 11.6 Å². The molecule has 1 aromatic carbocycles. The molecule has 0 bridgehead atoms. The van der Waals surface area contributed by atoms with E-state index in [1.165, 1.54) is 0 Å². The topological polar surface area (TPSA) is 24.9 Å². The Morgan fingerprint density at radius 3 is 2.62 bits per heavy atom. The molecule has 1 heterocycles. The summed E-state index contributed by atoms with van der Waals surface area (Å²) in [6, 6.07) is 8.91. The van der Waals surface area contributed by atoms with E-state index in [-0.39, 0.29) is 10.8 Å². The third-order valence-corrected chi connectivity index (χ3v) is 3.25. The van der Waals surface area contributed by atoms with Crippen molar-refractivity contribution in [1.29, 1.82) is 0 Å². The number of pyridine rings is 1. The fourth-order valence-electron chi connectivity index (χ4n) is 1.92. The Hall–Kier alpha value is -1.75. The van der Waals surface area contributed by atoms with Crippen LogP contribution >= 0.6 is 11.6 Å². The van der Waals surface area contributed by atoms with E-state index in [2.05, 4.69) is 16.4 Å². The summed E-state index contributed by atoms with van der Waals surface area (Å²) in [4.78, 5) is 3.73. The Balaban J connectivity index is 1.98. The molecule has 2 nitrogen and oxygen atoms in total. The number of benzene rings is 1. The monoisotopic (exact) mass is 314 g/mol. The Morgan fingerprint density at radius 2 is 2.00 bits per heavy atom. The van der Waals surface area contributed by atoms with Crippen LogP contribution in [0, 0.1) is 6.92 Å². The standard InChI is InChI=1S/C15H14ClF3N2/c1-10-3-2-4-11(7-10)5-6-20-14-13(16)8-12(9-21-14)15(17,18)19/h2-4,7-9H,5-6H2,1H3,(H,20,21). The van der Waals surface area contributed by atoms with Gasteiger partial charge >= 0.3 is 6.18 Å². The molecule has 0 radical (unpaired) electrons. The third-order valence-electron chi connectivity index (χ3n) is 2.96. The van der Waals surface area contributed by atoms with E-state index in [0.29, 0.717) is 6.54 Å². The van der Waals surface area contributed by atoms with Gasteiger partial charge in [-0.2, -0.15) is 13.2 Å². The van der Waals surface area contributed by atoms with Crippen LogP contribution in [0.15, 0.2) is 36.5 Å². The highest BCUT2D eigenvalue weighted by Crippen LogP contribution is 2.32. The van der Waals surface area contributed by atoms with Crippen LogP contribution in [0.3, 0.4) is 0 Å². The minimum absolute atomic E-state index is 0.0333. The van der Waals surface area contributed by atoms with E-state index < -0.39 is 11.7 Å². The van der Waals surface area contributed by atoms with Gasteiger partial charge in [-0.3, -0.25) is 0 Å². The first-order valence-electron chi connectivity index (χ1n) is 6.38. The molecular weight excluding hydrogens is 301 g/mol. The van der Waals surface area contributed by atoms with Crippen LogP contribution in [0.25, 0.3) is 0 Å². The fourth-order valence-corrected chi connectivity index (χ4v) is 2.15. The number of aryl methyl sites for hydroxylation is 1. The minimum atomic E-state index is -4.43. The maximum atomic E-state index is 12.5. The second kappa shape index (κ2) is 6.35. The first-order chi connectivity index (χ1) is 9.86. The lowest BCUT2D eigenvalue weighted by Gasteiger charge is -2.11. The molecule has 0 saturated heterocycles. The average molecular weight is 315 g/mol. The van der Waals surface area contributed by atoms with Gasteiger partial charge in [-0.1, -0.05) is 41.4 Å². The normalized spacial score (nSPS) is 11.5. The smallest absolute Gasteiger partial charge is 0.369 e. The molecule has 0 unspecified atom stereocenters. The molecule has 2 rings (SSSR count). The number of nitrogens with zero attached hydrogens (tertiary/aromatic N) is 1. The van der Waals surface area contributed by atoms with E-state index in [9.17, 15) is 13.2 Å². The number of aromatic nitrogens is 1. The van der Waals surface area contributed by atoms with Crippen LogP contribution in [0.1, 0.15) is 16.7 Å². The Morgan fingerprint density at radius 1 is 1.24 bits per heavy atom. The second-order valence-electron chi connectivity index (χ2n) is 4.72. The first-order valence-corrected chi connectivity index (χ1v) is 6.76. The molecule has 6 heteroatoms. The van der Waals surface area contributed by atoms with Gasteiger partial charge in [-0.05, 0) is 25.0 Å². The van der Waals surface area contributed by atoms with Crippen molar-refractivity contribution in [2.45, 2.75) is 19.5 Å².